The van der Waals surface area contributed by atoms with Gasteiger partial charge >= 0.3 is 0 Å². The molecule has 0 unspecified atom stereocenters. The fourth-order valence-corrected chi connectivity index (χ4v) is 2.19. The first-order chi connectivity index (χ1) is 7.76. The summed E-state index contributed by atoms with van der Waals surface area (Å²) in [5.41, 5.74) is 0.662. The molecule has 0 bridgehead atoms. The maximum atomic E-state index is 13.6. The molecular weight excluding hydrogens is 271 g/mol. The van der Waals surface area contributed by atoms with E-state index in [2.05, 4.69) is 0 Å². The number of hydrogen-bond donors (Lipinski definition) is 1. The summed E-state index contributed by atoms with van der Waals surface area (Å²) in [6.45, 7) is 1.60. The van der Waals surface area contributed by atoms with Crippen LogP contribution >= 0.6 is 10.7 Å². The lowest BCUT2D eigenvalue weighted by Gasteiger charge is -2.11. The molecule has 0 saturated heterocycles. The van der Waals surface area contributed by atoms with Crippen LogP contribution in [0.4, 0.5) is 4.39 Å². The van der Waals surface area contributed by atoms with Crippen molar-refractivity contribution in [3.8, 4) is 11.5 Å². The quantitative estimate of drug-likeness (QED) is 0.858. The average molecular weight is 283 g/mol. The molecule has 1 N–H and O–H groups in total. The summed E-state index contributed by atoms with van der Waals surface area (Å²) in [6, 6.07) is 1.47. The summed E-state index contributed by atoms with van der Waals surface area (Å²) in [5, 5.41) is 9.54. The third-order valence-corrected chi connectivity index (χ3v) is 3.43. The van der Waals surface area contributed by atoms with Gasteiger partial charge < -0.3 is 9.84 Å². The second-order valence-corrected chi connectivity index (χ2v) is 6.44. The molecular formula is C10H12ClFO4S. The molecule has 1 aromatic rings. The van der Waals surface area contributed by atoms with Crippen molar-refractivity contribution in [2.75, 3.05) is 12.9 Å². The number of aromatic hydroxyl groups is 1. The van der Waals surface area contributed by atoms with Gasteiger partial charge in [-0.3, -0.25) is 0 Å². The maximum absolute atomic E-state index is 13.6. The Hall–Kier alpha value is -1.01. The van der Waals surface area contributed by atoms with E-state index in [1.54, 1.807) is 6.92 Å². The Balaban J connectivity index is 3.11. The minimum Gasteiger partial charge on any atom is -0.505 e. The molecule has 0 atom stereocenters. The zero-order chi connectivity index (χ0) is 13.2. The second-order valence-electron chi connectivity index (χ2n) is 3.54. The molecule has 0 radical (unpaired) electrons. The molecule has 96 valence electrons. The molecule has 0 aliphatic carbocycles. The van der Waals surface area contributed by atoms with Crippen molar-refractivity contribution in [3.63, 3.8) is 0 Å². The van der Waals surface area contributed by atoms with Crippen LogP contribution in [0.3, 0.4) is 0 Å². The number of halogens is 2. The van der Waals surface area contributed by atoms with Crippen LogP contribution in [0.5, 0.6) is 11.5 Å². The average Bonchev–Trinajstić information content (AvgIpc) is 2.21. The van der Waals surface area contributed by atoms with Gasteiger partial charge in [0.15, 0.2) is 11.5 Å². The second kappa shape index (κ2) is 5.10. The van der Waals surface area contributed by atoms with Crippen molar-refractivity contribution in [1.82, 2.24) is 0 Å². The zero-order valence-electron chi connectivity index (χ0n) is 9.33. The van der Waals surface area contributed by atoms with E-state index < -0.39 is 20.6 Å². The Morgan fingerprint density at radius 3 is 2.59 bits per heavy atom. The first-order valence-electron chi connectivity index (χ1n) is 4.73. The molecule has 0 aliphatic rings. The van der Waals surface area contributed by atoms with Crippen molar-refractivity contribution in [2.24, 2.45) is 0 Å². The van der Waals surface area contributed by atoms with Gasteiger partial charge in [-0.05, 0) is 30.5 Å². The molecule has 0 aromatic heterocycles. The lowest BCUT2D eigenvalue weighted by molar-refractivity contribution is 0.359. The third-order valence-electron chi connectivity index (χ3n) is 2.28. The van der Waals surface area contributed by atoms with Gasteiger partial charge in [-0.25, -0.2) is 8.42 Å². The van der Waals surface area contributed by atoms with Gasteiger partial charge in [0.1, 0.15) is 0 Å². The van der Waals surface area contributed by atoms with Crippen molar-refractivity contribution in [2.45, 2.75) is 13.3 Å². The molecule has 0 saturated carbocycles. The Morgan fingerprint density at radius 1 is 1.53 bits per heavy atom. The number of rotatable bonds is 4. The van der Waals surface area contributed by atoms with E-state index in [0.29, 0.717) is 5.56 Å². The first-order valence-corrected chi connectivity index (χ1v) is 7.21. The summed E-state index contributed by atoms with van der Waals surface area (Å²) in [7, 11) is 2.66. The molecule has 4 nitrogen and oxygen atoms in total. The summed E-state index contributed by atoms with van der Waals surface area (Å²) in [5.74, 6) is -1.92. The summed E-state index contributed by atoms with van der Waals surface area (Å²) >= 11 is 0. The van der Waals surface area contributed by atoms with Gasteiger partial charge in [0.25, 0.3) is 0 Å². The fourth-order valence-electron chi connectivity index (χ4n) is 1.49. The van der Waals surface area contributed by atoms with Crippen LogP contribution in [0.25, 0.3) is 0 Å². The van der Waals surface area contributed by atoms with Crippen LogP contribution in [0, 0.1) is 12.7 Å². The van der Waals surface area contributed by atoms with Gasteiger partial charge in [-0.2, -0.15) is 4.39 Å². The third kappa shape index (κ3) is 3.47. The smallest absolute Gasteiger partial charge is 0.232 e. The molecule has 17 heavy (non-hydrogen) atoms. The number of phenolic OH excluding ortho intramolecular Hbond substituents is 1. The summed E-state index contributed by atoms with van der Waals surface area (Å²) < 4.78 is 39.9. The topological polar surface area (TPSA) is 63.6 Å². The van der Waals surface area contributed by atoms with Crippen molar-refractivity contribution in [3.05, 3.63) is 23.0 Å². The highest BCUT2D eigenvalue weighted by molar-refractivity contribution is 8.13. The van der Waals surface area contributed by atoms with Gasteiger partial charge in [-0.1, -0.05) is 0 Å². The standard InChI is InChI=1S/C10H12ClFO4S/c1-6-5-7(3-4-17(11,14)15)9(13)8(12)10(6)16-2/h5,13H,3-4H2,1-2H3. The van der Waals surface area contributed by atoms with Gasteiger partial charge in [0, 0.05) is 10.7 Å². The van der Waals surface area contributed by atoms with Gasteiger partial charge in [0.2, 0.25) is 14.9 Å². The van der Waals surface area contributed by atoms with E-state index >= 15 is 0 Å². The van der Waals surface area contributed by atoms with E-state index in [1.807, 2.05) is 0 Å². The SMILES string of the molecule is COc1c(C)cc(CCS(=O)(=O)Cl)c(O)c1F. The van der Waals surface area contributed by atoms with E-state index in [9.17, 15) is 17.9 Å². The molecule has 1 rings (SSSR count). The van der Waals surface area contributed by atoms with Crippen LogP contribution in [-0.4, -0.2) is 26.4 Å². The number of methoxy groups -OCH3 is 1. The number of phenols is 1. The number of aryl methyl sites for hydroxylation is 2. The van der Waals surface area contributed by atoms with Crippen molar-refractivity contribution in [1.29, 1.82) is 0 Å². The lowest BCUT2D eigenvalue weighted by Crippen LogP contribution is -2.03. The van der Waals surface area contributed by atoms with Crippen LogP contribution in [0.15, 0.2) is 6.07 Å². The highest BCUT2D eigenvalue weighted by Gasteiger charge is 2.17. The first kappa shape index (κ1) is 14.1. The van der Waals surface area contributed by atoms with Crippen LogP contribution in [0.2, 0.25) is 0 Å². The Kier molecular flexibility index (Phi) is 4.21. The highest BCUT2D eigenvalue weighted by atomic mass is 35.7. The van der Waals surface area contributed by atoms with E-state index in [0.717, 1.165) is 0 Å². The number of ether oxygens (including phenoxy) is 1. The molecule has 0 amide bonds. The monoisotopic (exact) mass is 282 g/mol. The maximum Gasteiger partial charge on any atom is 0.232 e. The molecule has 1 aromatic carbocycles. The normalized spacial score (nSPS) is 11.5. The predicted octanol–water partition coefficient (Wildman–Crippen LogP) is 1.96. The molecule has 0 spiro atoms. The Morgan fingerprint density at radius 2 is 2.12 bits per heavy atom. The van der Waals surface area contributed by atoms with Gasteiger partial charge in [0.05, 0.1) is 12.9 Å². The minimum atomic E-state index is -3.67. The number of benzene rings is 1. The predicted molar refractivity (Wildman–Crippen MR) is 62.7 cm³/mol. The molecule has 7 heteroatoms. The summed E-state index contributed by atoms with van der Waals surface area (Å²) in [6.07, 6.45) is -0.0561. The zero-order valence-corrected chi connectivity index (χ0v) is 10.9. The molecule has 0 aliphatic heterocycles. The van der Waals surface area contributed by atoms with Crippen molar-refractivity contribution >= 4 is 19.7 Å². The minimum absolute atomic E-state index is 0.0556. The van der Waals surface area contributed by atoms with Crippen molar-refractivity contribution < 1.29 is 22.7 Å². The summed E-state index contributed by atoms with van der Waals surface area (Å²) in [4.78, 5) is 0. The molecule has 0 heterocycles. The molecule has 0 fully saturated rings. The van der Waals surface area contributed by atoms with E-state index in [-0.39, 0.29) is 23.5 Å². The fraction of sp³-hybridized carbons (Fsp3) is 0.400. The Labute approximate surface area is 103 Å². The lowest BCUT2D eigenvalue weighted by atomic mass is 10.1. The van der Waals surface area contributed by atoms with Gasteiger partial charge in [-0.15, -0.1) is 0 Å². The Bertz CT molecular complexity index is 528. The van der Waals surface area contributed by atoms with E-state index in [4.69, 9.17) is 15.4 Å². The van der Waals surface area contributed by atoms with Crippen LogP contribution < -0.4 is 4.74 Å². The number of hydrogen-bond acceptors (Lipinski definition) is 4. The van der Waals surface area contributed by atoms with Crippen LogP contribution in [0.1, 0.15) is 11.1 Å². The van der Waals surface area contributed by atoms with E-state index in [1.165, 1.54) is 13.2 Å². The highest BCUT2D eigenvalue weighted by Crippen LogP contribution is 2.33. The largest absolute Gasteiger partial charge is 0.505 e. The van der Waals surface area contributed by atoms with Crippen LogP contribution in [-0.2, 0) is 15.5 Å².